The molecule has 0 N–H and O–H groups in total. The van der Waals surface area contributed by atoms with E-state index in [1.807, 2.05) is 56.3 Å². The average molecular weight is 267 g/mol. The van der Waals surface area contributed by atoms with Crippen LogP contribution in [0.5, 0.6) is 0 Å². The Morgan fingerprint density at radius 3 is 2.53 bits per heavy atom. The van der Waals surface area contributed by atoms with Gasteiger partial charge in [-0.2, -0.15) is 0 Å². The number of hydrogen-bond acceptors (Lipinski definition) is 3. The number of ketones is 1. The molecule has 0 bridgehead atoms. The molecular formula is C16H13NOS. The number of carbonyl (C=O) groups is 1. The van der Waals surface area contributed by atoms with Crippen LogP contribution in [0.1, 0.15) is 25.9 Å². The van der Waals surface area contributed by atoms with E-state index >= 15 is 0 Å². The van der Waals surface area contributed by atoms with Crippen LogP contribution < -0.4 is 0 Å². The largest absolute Gasteiger partial charge is 0.288 e. The Labute approximate surface area is 115 Å². The summed E-state index contributed by atoms with van der Waals surface area (Å²) in [5, 5.41) is 3.02. The highest BCUT2D eigenvalue weighted by Crippen LogP contribution is 2.25. The molecule has 0 atom stereocenters. The van der Waals surface area contributed by atoms with Crippen LogP contribution in [0, 0.1) is 13.8 Å². The molecule has 0 saturated heterocycles. The minimum atomic E-state index is 0.0694. The predicted octanol–water partition coefficient (Wildman–Crippen LogP) is 4.14. The first-order valence-electron chi connectivity index (χ1n) is 6.13. The molecule has 1 aromatic heterocycles. The molecule has 3 heteroatoms. The quantitative estimate of drug-likeness (QED) is 0.653. The number of thiazole rings is 1. The van der Waals surface area contributed by atoms with Gasteiger partial charge in [0.1, 0.15) is 0 Å². The van der Waals surface area contributed by atoms with Crippen molar-refractivity contribution < 1.29 is 4.79 Å². The second kappa shape index (κ2) is 4.59. The normalized spacial score (nSPS) is 10.8. The van der Waals surface area contributed by atoms with Crippen LogP contribution in [-0.2, 0) is 0 Å². The molecule has 0 aliphatic rings. The van der Waals surface area contributed by atoms with Gasteiger partial charge in [0.15, 0.2) is 0 Å². The number of fused-ring (bicyclic) bond motifs is 1. The number of carbonyl (C=O) groups excluding carboxylic acids is 1. The lowest BCUT2D eigenvalue weighted by atomic mass is 10.0. The Morgan fingerprint density at radius 1 is 1.05 bits per heavy atom. The fourth-order valence-corrected chi connectivity index (χ4v) is 3.16. The summed E-state index contributed by atoms with van der Waals surface area (Å²) in [7, 11) is 0. The van der Waals surface area contributed by atoms with E-state index in [-0.39, 0.29) is 5.78 Å². The number of aryl methyl sites for hydroxylation is 2. The van der Waals surface area contributed by atoms with Crippen molar-refractivity contribution in [2.24, 2.45) is 0 Å². The lowest BCUT2D eigenvalue weighted by molar-refractivity contribution is 0.104. The van der Waals surface area contributed by atoms with Gasteiger partial charge in [-0.25, -0.2) is 4.98 Å². The minimum absolute atomic E-state index is 0.0694. The van der Waals surface area contributed by atoms with Crippen LogP contribution in [-0.4, -0.2) is 10.8 Å². The molecule has 3 rings (SSSR count). The molecule has 94 valence electrons. The first-order valence-corrected chi connectivity index (χ1v) is 6.95. The van der Waals surface area contributed by atoms with Crippen LogP contribution in [0.15, 0.2) is 42.5 Å². The van der Waals surface area contributed by atoms with E-state index in [1.165, 1.54) is 11.3 Å². The maximum absolute atomic E-state index is 12.7. The zero-order chi connectivity index (χ0) is 13.4. The van der Waals surface area contributed by atoms with Crippen LogP contribution in [0.2, 0.25) is 0 Å². The van der Waals surface area contributed by atoms with E-state index in [4.69, 9.17) is 0 Å². The molecule has 3 aromatic rings. The van der Waals surface area contributed by atoms with E-state index < -0.39 is 0 Å². The first-order chi connectivity index (χ1) is 9.16. The molecular weight excluding hydrogens is 254 g/mol. The smallest absolute Gasteiger partial charge is 0.205 e. The number of nitrogens with zero attached hydrogens (tertiary/aromatic N) is 1. The Kier molecular flexibility index (Phi) is 2.91. The van der Waals surface area contributed by atoms with Crippen molar-refractivity contribution in [3.63, 3.8) is 0 Å². The molecule has 0 fully saturated rings. The molecule has 0 amide bonds. The molecule has 2 nitrogen and oxygen atoms in total. The standard InChI is InChI=1S/C16H13NOS/c1-10-16(19-11(2)17-10)15(18)14-9-5-7-12-6-3-4-8-13(12)14/h3-9H,1-2H3. The Morgan fingerprint density at radius 2 is 1.79 bits per heavy atom. The van der Waals surface area contributed by atoms with Gasteiger partial charge in [-0.05, 0) is 24.6 Å². The third kappa shape index (κ3) is 2.06. The molecule has 0 saturated carbocycles. The SMILES string of the molecule is Cc1nc(C)c(C(=O)c2cccc3ccccc23)s1. The summed E-state index contributed by atoms with van der Waals surface area (Å²) in [5.41, 5.74) is 1.57. The van der Waals surface area contributed by atoms with Gasteiger partial charge in [0, 0.05) is 5.56 Å². The van der Waals surface area contributed by atoms with Crippen molar-refractivity contribution in [3.05, 3.63) is 63.6 Å². The fourth-order valence-electron chi connectivity index (χ4n) is 2.29. The van der Waals surface area contributed by atoms with Crippen molar-refractivity contribution in [1.29, 1.82) is 0 Å². The molecule has 0 aliphatic heterocycles. The van der Waals surface area contributed by atoms with Crippen molar-refractivity contribution in [2.75, 3.05) is 0 Å². The number of benzene rings is 2. The third-order valence-electron chi connectivity index (χ3n) is 3.14. The molecule has 0 radical (unpaired) electrons. The van der Waals surface area contributed by atoms with Crippen LogP contribution in [0.4, 0.5) is 0 Å². The maximum atomic E-state index is 12.7. The van der Waals surface area contributed by atoms with Gasteiger partial charge >= 0.3 is 0 Å². The van der Waals surface area contributed by atoms with Crippen LogP contribution >= 0.6 is 11.3 Å². The van der Waals surface area contributed by atoms with E-state index in [1.54, 1.807) is 0 Å². The molecule has 2 aromatic carbocycles. The zero-order valence-electron chi connectivity index (χ0n) is 10.8. The number of aromatic nitrogens is 1. The highest BCUT2D eigenvalue weighted by atomic mass is 32.1. The summed E-state index contributed by atoms with van der Waals surface area (Å²) in [5.74, 6) is 0.0694. The average Bonchev–Trinajstić information content (AvgIpc) is 2.76. The van der Waals surface area contributed by atoms with Gasteiger partial charge < -0.3 is 0 Å². The van der Waals surface area contributed by atoms with Crippen molar-refractivity contribution in [2.45, 2.75) is 13.8 Å². The predicted molar refractivity (Wildman–Crippen MR) is 79.0 cm³/mol. The van der Waals surface area contributed by atoms with E-state index in [0.717, 1.165) is 31.9 Å². The summed E-state index contributed by atoms with van der Waals surface area (Å²) in [4.78, 5) is 17.7. The van der Waals surface area contributed by atoms with Gasteiger partial charge in [0.25, 0.3) is 0 Å². The van der Waals surface area contributed by atoms with E-state index in [0.29, 0.717) is 0 Å². The Bertz CT molecular complexity index is 768. The number of hydrogen-bond donors (Lipinski definition) is 0. The third-order valence-corrected chi connectivity index (χ3v) is 4.22. The minimum Gasteiger partial charge on any atom is -0.288 e. The van der Waals surface area contributed by atoms with Crippen molar-refractivity contribution >= 4 is 27.9 Å². The highest BCUT2D eigenvalue weighted by molar-refractivity contribution is 7.14. The van der Waals surface area contributed by atoms with Crippen molar-refractivity contribution in [3.8, 4) is 0 Å². The Balaban J connectivity index is 2.19. The maximum Gasteiger partial charge on any atom is 0.205 e. The van der Waals surface area contributed by atoms with Gasteiger partial charge in [0.05, 0.1) is 15.6 Å². The molecule has 0 aliphatic carbocycles. The topological polar surface area (TPSA) is 30.0 Å². The summed E-state index contributed by atoms with van der Waals surface area (Å²) in [6.45, 7) is 3.82. The summed E-state index contributed by atoms with van der Waals surface area (Å²) < 4.78 is 0. The van der Waals surface area contributed by atoms with Crippen LogP contribution in [0.3, 0.4) is 0 Å². The second-order valence-corrected chi connectivity index (χ2v) is 5.71. The lowest BCUT2D eigenvalue weighted by Crippen LogP contribution is -2.01. The zero-order valence-corrected chi connectivity index (χ0v) is 11.6. The molecule has 0 spiro atoms. The molecule has 1 heterocycles. The lowest BCUT2D eigenvalue weighted by Gasteiger charge is -2.04. The van der Waals surface area contributed by atoms with Gasteiger partial charge in [-0.3, -0.25) is 4.79 Å². The van der Waals surface area contributed by atoms with Gasteiger partial charge in [0.2, 0.25) is 5.78 Å². The first kappa shape index (κ1) is 12.1. The summed E-state index contributed by atoms with van der Waals surface area (Å²) in [6, 6.07) is 13.8. The number of rotatable bonds is 2. The van der Waals surface area contributed by atoms with Crippen LogP contribution in [0.25, 0.3) is 10.8 Å². The molecule has 19 heavy (non-hydrogen) atoms. The Hall–Kier alpha value is -2.00. The fraction of sp³-hybridized carbons (Fsp3) is 0.125. The summed E-state index contributed by atoms with van der Waals surface area (Å²) in [6.07, 6.45) is 0. The van der Waals surface area contributed by atoms with E-state index in [2.05, 4.69) is 4.98 Å². The highest BCUT2D eigenvalue weighted by Gasteiger charge is 2.17. The van der Waals surface area contributed by atoms with E-state index in [9.17, 15) is 4.79 Å². The van der Waals surface area contributed by atoms with Gasteiger partial charge in [-0.15, -0.1) is 11.3 Å². The van der Waals surface area contributed by atoms with Gasteiger partial charge in [-0.1, -0.05) is 42.5 Å². The second-order valence-electron chi connectivity index (χ2n) is 4.50. The van der Waals surface area contributed by atoms with Crippen molar-refractivity contribution in [1.82, 2.24) is 4.98 Å². The summed E-state index contributed by atoms with van der Waals surface area (Å²) >= 11 is 1.47. The monoisotopic (exact) mass is 267 g/mol. The molecule has 0 unspecified atom stereocenters.